The Morgan fingerprint density at radius 3 is 2.82 bits per heavy atom. The lowest BCUT2D eigenvalue weighted by Crippen LogP contribution is -2.13. The third-order valence-corrected chi connectivity index (χ3v) is 3.99. The number of carbonyl (C=O) groups is 1. The van der Waals surface area contributed by atoms with Crippen LogP contribution in [-0.4, -0.2) is 29.3 Å². The molecule has 1 aromatic heterocycles. The first-order chi connectivity index (χ1) is 10.8. The minimum absolute atomic E-state index is 0.0829. The van der Waals surface area contributed by atoms with Crippen molar-refractivity contribution in [2.75, 3.05) is 18.5 Å². The summed E-state index contributed by atoms with van der Waals surface area (Å²) in [6.45, 7) is 2.97. The molecule has 0 atom stereocenters. The van der Waals surface area contributed by atoms with E-state index in [1.54, 1.807) is 0 Å². The van der Waals surface area contributed by atoms with Gasteiger partial charge in [-0.15, -0.1) is 10.2 Å². The molecule has 2 rings (SSSR count). The first-order valence-corrected chi connectivity index (χ1v) is 8.33. The Labute approximate surface area is 134 Å². The fourth-order valence-electron chi connectivity index (χ4n) is 1.98. The Bertz CT molecular complexity index is 572. The molecule has 1 heterocycles. The van der Waals surface area contributed by atoms with Crippen LogP contribution in [0.15, 0.2) is 30.3 Å². The number of hydrogen-bond acceptors (Lipinski definition) is 5. The smallest absolute Gasteiger partial charge is 0.228 e. The molecule has 0 aliphatic heterocycles. The van der Waals surface area contributed by atoms with E-state index >= 15 is 0 Å². The summed E-state index contributed by atoms with van der Waals surface area (Å²) in [7, 11) is 0. The molecule has 0 aliphatic rings. The number of ether oxygens (including phenoxy) is 1. The van der Waals surface area contributed by atoms with Crippen molar-refractivity contribution in [3.8, 4) is 0 Å². The predicted octanol–water partition coefficient (Wildman–Crippen LogP) is 3.08. The number of hydrogen-bond donors (Lipinski definition) is 1. The number of carbonyl (C=O) groups excluding carboxylic acids is 1. The molecule has 0 saturated heterocycles. The number of nitrogens with zero attached hydrogens (tertiary/aromatic N) is 2. The molecule has 0 fully saturated rings. The highest BCUT2D eigenvalue weighted by atomic mass is 32.1. The zero-order chi connectivity index (χ0) is 15.6. The van der Waals surface area contributed by atoms with Crippen LogP contribution in [0.1, 0.15) is 30.3 Å². The van der Waals surface area contributed by atoms with E-state index in [4.69, 9.17) is 4.74 Å². The van der Waals surface area contributed by atoms with Crippen molar-refractivity contribution in [1.29, 1.82) is 0 Å². The van der Waals surface area contributed by atoms with Gasteiger partial charge in [-0.2, -0.15) is 0 Å². The SMILES string of the molecule is CCOCCC(=O)Nc1nnc(CCCc2ccccc2)s1. The number of anilines is 1. The molecular weight excluding hydrogens is 298 g/mol. The second-order valence-corrected chi connectivity index (χ2v) is 5.90. The van der Waals surface area contributed by atoms with Gasteiger partial charge in [-0.3, -0.25) is 4.79 Å². The number of nitrogens with one attached hydrogen (secondary N) is 1. The predicted molar refractivity (Wildman–Crippen MR) is 88.1 cm³/mol. The third-order valence-electron chi connectivity index (χ3n) is 3.09. The molecule has 0 saturated carbocycles. The minimum Gasteiger partial charge on any atom is -0.381 e. The number of amides is 1. The minimum atomic E-state index is -0.0829. The third kappa shape index (κ3) is 5.91. The Hall–Kier alpha value is -1.79. The quantitative estimate of drug-likeness (QED) is 0.721. The van der Waals surface area contributed by atoms with Gasteiger partial charge in [0.25, 0.3) is 0 Å². The topological polar surface area (TPSA) is 64.1 Å². The van der Waals surface area contributed by atoms with Crippen LogP contribution in [-0.2, 0) is 22.4 Å². The Morgan fingerprint density at radius 1 is 1.23 bits per heavy atom. The van der Waals surface area contributed by atoms with Crippen LogP contribution in [0.2, 0.25) is 0 Å². The molecule has 0 unspecified atom stereocenters. The van der Waals surface area contributed by atoms with Crippen LogP contribution in [0.25, 0.3) is 0 Å². The van der Waals surface area contributed by atoms with Crippen molar-refractivity contribution in [2.24, 2.45) is 0 Å². The largest absolute Gasteiger partial charge is 0.381 e. The van der Waals surface area contributed by atoms with Crippen LogP contribution in [0.5, 0.6) is 0 Å². The van der Waals surface area contributed by atoms with Gasteiger partial charge in [0.05, 0.1) is 13.0 Å². The lowest BCUT2D eigenvalue weighted by molar-refractivity contribution is -0.117. The standard InChI is InChI=1S/C16H21N3O2S/c1-2-21-12-11-14(20)17-16-19-18-15(22-16)10-6-9-13-7-4-3-5-8-13/h3-5,7-8H,2,6,9-12H2,1H3,(H,17,19,20). The maximum Gasteiger partial charge on any atom is 0.228 e. The summed E-state index contributed by atoms with van der Waals surface area (Å²) in [5.41, 5.74) is 1.33. The van der Waals surface area contributed by atoms with Gasteiger partial charge in [0.2, 0.25) is 11.0 Å². The zero-order valence-corrected chi connectivity index (χ0v) is 13.6. The van der Waals surface area contributed by atoms with E-state index in [1.165, 1.54) is 16.9 Å². The van der Waals surface area contributed by atoms with Crippen molar-refractivity contribution >= 4 is 22.4 Å². The molecule has 1 N–H and O–H groups in total. The first-order valence-electron chi connectivity index (χ1n) is 7.52. The highest BCUT2D eigenvalue weighted by Crippen LogP contribution is 2.17. The summed E-state index contributed by atoms with van der Waals surface area (Å²) >= 11 is 1.44. The zero-order valence-electron chi connectivity index (χ0n) is 12.7. The maximum absolute atomic E-state index is 11.6. The Balaban J connectivity index is 1.71. The van der Waals surface area contributed by atoms with E-state index in [9.17, 15) is 4.79 Å². The highest BCUT2D eigenvalue weighted by molar-refractivity contribution is 7.15. The molecule has 6 heteroatoms. The molecule has 118 valence electrons. The molecule has 0 aliphatic carbocycles. The van der Waals surface area contributed by atoms with Gasteiger partial charge in [0.1, 0.15) is 5.01 Å². The molecule has 0 spiro atoms. The number of aromatic nitrogens is 2. The summed E-state index contributed by atoms with van der Waals surface area (Å²) in [5, 5.41) is 12.4. The number of aryl methyl sites for hydroxylation is 2. The molecule has 22 heavy (non-hydrogen) atoms. The Kier molecular flexibility index (Phi) is 6.99. The normalized spacial score (nSPS) is 10.6. The first kappa shape index (κ1) is 16.6. The van der Waals surface area contributed by atoms with Gasteiger partial charge >= 0.3 is 0 Å². The van der Waals surface area contributed by atoms with E-state index in [2.05, 4.69) is 39.8 Å². The molecule has 1 aromatic carbocycles. The lowest BCUT2D eigenvalue weighted by atomic mass is 10.1. The second kappa shape index (κ2) is 9.27. The van der Waals surface area contributed by atoms with Gasteiger partial charge in [-0.25, -0.2) is 0 Å². The van der Waals surface area contributed by atoms with Crippen LogP contribution in [0, 0.1) is 0 Å². The van der Waals surface area contributed by atoms with Crippen molar-refractivity contribution in [3.63, 3.8) is 0 Å². The van der Waals surface area contributed by atoms with Crippen molar-refractivity contribution in [1.82, 2.24) is 10.2 Å². The summed E-state index contributed by atoms with van der Waals surface area (Å²) in [6.07, 6.45) is 3.27. The molecular formula is C16H21N3O2S. The monoisotopic (exact) mass is 319 g/mol. The summed E-state index contributed by atoms with van der Waals surface area (Å²) in [6, 6.07) is 10.4. The highest BCUT2D eigenvalue weighted by Gasteiger charge is 2.08. The summed E-state index contributed by atoms with van der Waals surface area (Å²) < 4.78 is 5.15. The van der Waals surface area contributed by atoms with Gasteiger partial charge in [0, 0.05) is 13.0 Å². The van der Waals surface area contributed by atoms with Crippen molar-refractivity contribution in [3.05, 3.63) is 40.9 Å². The summed E-state index contributed by atoms with van der Waals surface area (Å²) in [4.78, 5) is 11.6. The van der Waals surface area contributed by atoms with Crippen molar-refractivity contribution < 1.29 is 9.53 Å². The van der Waals surface area contributed by atoms with E-state index in [0.29, 0.717) is 24.8 Å². The average molecular weight is 319 g/mol. The maximum atomic E-state index is 11.6. The van der Waals surface area contributed by atoms with E-state index < -0.39 is 0 Å². The van der Waals surface area contributed by atoms with E-state index in [0.717, 1.165) is 24.3 Å². The molecule has 5 nitrogen and oxygen atoms in total. The number of benzene rings is 1. The fourth-order valence-corrected chi connectivity index (χ4v) is 2.78. The fraction of sp³-hybridized carbons (Fsp3) is 0.438. The number of rotatable bonds is 9. The molecule has 0 radical (unpaired) electrons. The molecule has 2 aromatic rings. The van der Waals surface area contributed by atoms with Crippen molar-refractivity contribution in [2.45, 2.75) is 32.6 Å². The van der Waals surface area contributed by atoms with Gasteiger partial charge < -0.3 is 10.1 Å². The lowest BCUT2D eigenvalue weighted by Gasteiger charge is -2.01. The van der Waals surface area contributed by atoms with Crippen LogP contribution < -0.4 is 5.32 Å². The Morgan fingerprint density at radius 2 is 2.05 bits per heavy atom. The van der Waals surface area contributed by atoms with Gasteiger partial charge in [-0.1, -0.05) is 41.7 Å². The molecule has 0 bridgehead atoms. The van der Waals surface area contributed by atoms with Gasteiger partial charge in [0.15, 0.2) is 0 Å². The van der Waals surface area contributed by atoms with Crippen LogP contribution in [0.4, 0.5) is 5.13 Å². The average Bonchev–Trinajstić information content (AvgIpc) is 2.96. The summed E-state index contributed by atoms with van der Waals surface area (Å²) in [5.74, 6) is -0.0829. The second-order valence-electron chi connectivity index (χ2n) is 4.84. The van der Waals surface area contributed by atoms with E-state index in [1.807, 2.05) is 13.0 Å². The van der Waals surface area contributed by atoms with E-state index in [-0.39, 0.29) is 5.91 Å². The molecule has 1 amide bonds. The van der Waals surface area contributed by atoms with Gasteiger partial charge in [-0.05, 0) is 25.3 Å². The van der Waals surface area contributed by atoms with Crippen LogP contribution >= 0.6 is 11.3 Å². The van der Waals surface area contributed by atoms with Crippen LogP contribution in [0.3, 0.4) is 0 Å².